The van der Waals surface area contributed by atoms with Gasteiger partial charge in [-0.15, -0.1) is 0 Å². The molecule has 0 spiro atoms. The van der Waals surface area contributed by atoms with E-state index in [4.69, 9.17) is 5.73 Å². The molecule has 2 aromatic rings. The number of nitrogens with two attached hydrogens (primary N) is 1. The van der Waals surface area contributed by atoms with Crippen molar-refractivity contribution in [2.24, 2.45) is 5.73 Å². The van der Waals surface area contributed by atoms with Gasteiger partial charge in [-0.2, -0.15) is 8.78 Å². The number of rotatable bonds is 4. The Morgan fingerprint density at radius 1 is 1.16 bits per heavy atom. The van der Waals surface area contributed by atoms with Crippen LogP contribution in [0.25, 0.3) is 11.3 Å². The van der Waals surface area contributed by atoms with E-state index in [0.29, 0.717) is 16.8 Å². The van der Waals surface area contributed by atoms with Gasteiger partial charge in [0.05, 0.1) is 0 Å². The fourth-order valence-electron chi connectivity index (χ4n) is 1.65. The third kappa shape index (κ3) is 3.17. The smallest absolute Gasteiger partial charge is 0.387 e. The Bertz CT molecular complexity index is 609. The lowest BCUT2D eigenvalue weighted by Crippen LogP contribution is -2.15. The Kier molecular flexibility index (Phi) is 3.91. The van der Waals surface area contributed by atoms with E-state index in [1.54, 1.807) is 24.3 Å². The molecule has 3 N–H and O–H groups in total. The van der Waals surface area contributed by atoms with Gasteiger partial charge in [0, 0.05) is 17.8 Å². The highest BCUT2D eigenvalue weighted by atomic mass is 19.3. The zero-order valence-corrected chi connectivity index (χ0v) is 9.90. The molecule has 19 heavy (non-hydrogen) atoms. The van der Waals surface area contributed by atoms with Gasteiger partial charge in [-0.3, -0.25) is 4.79 Å². The molecule has 100 valence electrons. The molecule has 0 fully saturated rings. The number of halogens is 2. The number of hydrogen-bond acceptors (Lipinski definition) is 3. The molecule has 0 saturated heterocycles. The van der Waals surface area contributed by atoms with Crippen molar-refractivity contribution < 1.29 is 13.5 Å². The van der Waals surface area contributed by atoms with E-state index in [1.165, 1.54) is 12.1 Å². The summed E-state index contributed by atoms with van der Waals surface area (Å²) in [7, 11) is 0. The van der Waals surface area contributed by atoms with Crippen molar-refractivity contribution in [3.05, 3.63) is 52.3 Å². The van der Waals surface area contributed by atoms with Gasteiger partial charge in [-0.05, 0) is 35.9 Å². The van der Waals surface area contributed by atoms with Crippen molar-refractivity contribution >= 4 is 0 Å². The molecule has 6 heteroatoms. The van der Waals surface area contributed by atoms with E-state index in [1.807, 2.05) is 0 Å². The molecule has 0 bridgehead atoms. The summed E-state index contributed by atoms with van der Waals surface area (Å²) < 4.78 is 28.2. The summed E-state index contributed by atoms with van der Waals surface area (Å²) in [6, 6.07) is 9.35. The number of hydrogen-bond donors (Lipinski definition) is 2. The Morgan fingerprint density at radius 3 is 2.37 bits per heavy atom. The largest absolute Gasteiger partial charge is 0.435 e. The number of nitrogens with one attached hydrogen (secondary N) is 1. The van der Waals surface area contributed by atoms with Gasteiger partial charge in [0.25, 0.3) is 5.56 Å². The number of aromatic nitrogens is 1. The Morgan fingerprint density at radius 2 is 1.84 bits per heavy atom. The molecule has 0 saturated carbocycles. The second-order valence-electron chi connectivity index (χ2n) is 3.83. The molecule has 0 aliphatic carbocycles. The molecule has 4 nitrogen and oxygen atoms in total. The number of H-pyrrole nitrogens is 1. The maximum absolute atomic E-state index is 12.0. The third-order valence-corrected chi connectivity index (χ3v) is 2.60. The maximum atomic E-state index is 12.0. The molecule has 0 amide bonds. The lowest BCUT2D eigenvalue weighted by molar-refractivity contribution is -0.0498. The van der Waals surface area contributed by atoms with Crippen LogP contribution >= 0.6 is 0 Å². The van der Waals surface area contributed by atoms with Crippen LogP contribution in [0.4, 0.5) is 8.78 Å². The highest BCUT2D eigenvalue weighted by molar-refractivity contribution is 5.60. The lowest BCUT2D eigenvalue weighted by atomic mass is 10.1. The predicted octanol–water partition coefficient (Wildman–Crippen LogP) is 2.10. The van der Waals surface area contributed by atoms with Crippen molar-refractivity contribution in [2.75, 3.05) is 0 Å². The van der Waals surface area contributed by atoms with Crippen LogP contribution in [0.15, 0.2) is 41.2 Å². The van der Waals surface area contributed by atoms with E-state index < -0.39 is 6.61 Å². The van der Waals surface area contributed by atoms with E-state index in [0.717, 1.165) is 0 Å². The summed E-state index contributed by atoms with van der Waals surface area (Å²) >= 11 is 0. The minimum Gasteiger partial charge on any atom is -0.435 e. The zero-order chi connectivity index (χ0) is 13.8. The van der Waals surface area contributed by atoms with Crippen LogP contribution in [0.1, 0.15) is 5.56 Å². The lowest BCUT2D eigenvalue weighted by Gasteiger charge is -2.06. The fraction of sp³-hybridized carbons (Fsp3) is 0.154. The summed E-state index contributed by atoms with van der Waals surface area (Å²) in [5.41, 5.74) is 6.91. The van der Waals surface area contributed by atoms with E-state index in [-0.39, 0.29) is 17.9 Å². The Labute approximate surface area is 107 Å². The summed E-state index contributed by atoms with van der Waals surface area (Å²) in [6.07, 6.45) is 0. The summed E-state index contributed by atoms with van der Waals surface area (Å²) in [5, 5.41) is 0. The standard InChI is InChI=1S/C13H12F2N2O2/c14-13(15)19-10-4-1-8(2-5-10)11-6-3-9(7-16)12(18)17-11/h1-6,13H,7,16H2,(H,17,18). The van der Waals surface area contributed by atoms with Crippen molar-refractivity contribution in [3.8, 4) is 17.0 Å². The molecule has 0 atom stereocenters. The highest BCUT2D eigenvalue weighted by Gasteiger charge is 2.05. The third-order valence-electron chi connectivity index (χ3n) is 2.60. The van der Waals surface area contributed by atoms with Gasteiger partial charge in [0.1, 0.15) is 5.75 Å². The minimum absolute atomic E-state index is 0.0691. The Hall–Kier alpha value is -2.21. The quantitative estimate of drug-likeness (QED) is 0.890. The highest BCUT2D eigenvalue weighted by Crippen LogP contribution is 2.21. The molecule has 0 unspecified atom stereocenters. The average Bonchev–Trinajstić information content (AvgIpc) is 2.39. The summed E-state index contributed by atoms with van der Waals surface area (Å²) in [5.74, 6) is 0.0691. The number of benzene rings is 1. The van der Waals surface area contributed by atoms with Crippen molar-refractivity contribution in [1.29, 1.82) is 0 Å². The summed E-state index contributed by atoms with van der Waals surface area (Å²) in [4.78, 5) is 14.3. The maximum Gasteiger partial charge on any atom is 0.387 e. The number of pyridine rings is 1. The average molecular weight is 266 g/mol. The van der Waals surface area contributed by atoms with Gasteiger partial charge in [-0.1, -0.05) is 6.07 Å². The SMILES string of the molecule is NCc1ccc(-c2ccc(OC(F)F)cc2)[nH]c1=O. The number of aromatic amines is 1. The number of ether oxygens (including phenoxy) is 1. The van der Waals surface area contributed by atoms with Crippen LogP contribution in [0.5, 0.6) is 5.75 Å². The summed E-state index contributed by atoms with van der Waals surface area (Å²) in [6.45, 7) is -2.69. The van der Waals surface area contributed by atoms with Gasteiger partial charge in [0.15, 0.2) is 0 Å². The van der Waals surface area contributed by atoms with Crippen molar-refractivity contribution in [2.45, 2.75) is 13.2 Å². The molecular formula is C13H12F2N2O2. The van der Waals surface area contributed by atoms with Gasteiger partial charge < -0.3 is 15.5 Å². The minimum atomic E-state index is -2.85. The van der Waals surface area contributed by atoms with E-state index in [9.17, 15) is 13.6 Å². The first-order valence-electron chi connectivity index (χ1n) is 5.57. The van der Waals surface area contributed by atoms with Crippen LogP contribution in [0.3, 0.4) is 0 Å². The van der Waals surface area contributed by atoms with E-state index in [2.05, 4.69) is 9.72 Å². The van der Waals surface area contributed by atoms with Gasteiger partial charge in [-0.25, -0.2) is 0 Å². The van der Waals surface area contributed by atoms with Crippen LogP contribution in [0, 0.1) is 0 Å². The molecule has 1 aromatic carbocycles. The van der Waals surface area contributed by atoms with Crippen molar-refractivity contribution in [3.63, 3.8) is 0 Å². The van der Waals surface area contributed by atoms with Gasteiger partial charge in [0.2, 0.25) is 0 Å². The predicted molar refractivity (Wildman–Crippen MR) is 67.0 cm³/mol. The monoisotopic (exact) mass is 266 g/mol. The van der Waals surface area contributed by atoms with Crippen LogP contribution in [-0.4, -0.2) is 11.6 Å². The molecule has 0 radical (unpaired) electrons. The molecule has 0 aliphatic heterocycles. The van der Waals surface area contributed by atoms with Crippen LogP contribution in [0.2, 0.25) is 0 Å². The van der Waals surface area contributed by atoms with Crippen LogP contribution < -0.4 is 16.0 Å². The van der Waals surface area contributed by atoms with E-state index >= 15 is 0 Å². The second-order valence-corrected chi connectivity index (χ2v) is 3.83. The fourth-order valence-corrected chi connectivity index (χ4v) is 1.65. The first kappa shape index (κ1) is 13.2. The first-order valence-corrected chi connectivity index (χ1v) is 5.57. The Balaban J connectivity index is 2.27. The molecule has 1 aromatic heterocycles. The molecule has 0 aliphatic rings. The van der Waals surface area contributed by atoms with Gasteiger partial charge >= 0.3 is 6.61 Å². The zero-order valence-electron chi connectivity index (χ0n) is 9.90. The number of alkyl halides is 2. The molecular weight excluding hydrogens is 254 g/mol. The normalized spacial score (nSPS) is 10.7. The van der Waals surface area contributed by atoms with Crippen LogP contribution in [-0.2, 0) is 6.54 Å². The van der Waals surface area contributed by atoms with Crippen molar-refractivity contribution in [1.82, 2.24) is 4.98 Å². The second kappa shape index (κ2) is 5.62. The topological polar surface area (TPSA) is 68.1 Å². The molecule has 2 rings (SSSR count). The first-order chi connectivity index (χ1) is 9.10. The molecule has 1 heterocycles.